The lowest BCUT2D eigenvalue weighted by Crippen LogP contribution is -2.16. The molecule has 0 bridgehead atoms. The van der Waals surface area contributed by atoms with Crippen molar-refractivity contribution >= 4 is 11.9 Å². The van der Waals surface area contributed by atoms with Crippen LogP contribution >= 0.6 is 0 Å². The predicted molar refractivity (Wildman–Crippen MR) is 82.6 cm³/mol. The van der Waals surface area contributed by atoms with E-state index in [-0.39, 0.29) is 30.9 Å². The third-order valence-electron chi connectivity index (χ3n) is 2.97. The van der Waals surface area contributed by atoms with Gasteiger partial charge in [0.15, 0.2) is 6.10 Å². The molecule has 120 valence electrons. The first-order chi connectivity index (χ1) is 10.1. The summed E-state index contributed by atoms with van der Waals surface area (Å²) in [7, 11) is 0. The summed E-state index contributed by atoms with van der Waals surface area (Å²) in [4.78, 5) is 23.0. The average molecular weight is 296 g/mol. The number of esters is 2. The van der Waals surface area contributed by atoms with Gasteiger partial charge >= 0.3 is 11.9 Å². The fraction of sp³-hybridized carbons (Fsp3) is 0.765. The fourth-order valence-electron chi connectivity index (χ4n) is 1.76. The van der Waals surface area contributed by atoms with Crippen LogP contribution in [0.5, 0.6) is 0 Å². The smallest absolute Gasteiger partial charge is 0.307 e. The lowest BCUT2D eigenvalue weighted by molar-refractivity contribution is -0.147. The number of unbranched alkanes of at least 4 members (excludes halogenated alkanes) is 3. The van der Waals surface area contributed by atoms with Crippen molar-refractivity contribution in [2.24, 2.45) is 0 Å². The summed E-state index contributed by atoms with van der Waals surface area (Å²) in [5.41, 5.74) is 0. The molecule has 4 nitrogen and oxygen atoms in total. The molecule has 0 rings (SSSR count). The van der Waals surface area contributed by atoms with Crippen LogP contribution in [0.15, 0.2) is 0 Å². The molecule has 0 heterocycles. The molecule has 0 spiro atoms. The zero-order valence-corrected chi connectivity index (χ0v) is 13.6. The molecule has 0 aromatic carbocycles. The normalized spacial score (nSPS) is 11.2. The highest BCUT2D eigenvalue weighted by atomic mass is 16.5. The second-order valence-corrected chi connectivity index (χ2v) is 4.92. The van der Waals surface area contributed by atoms with Gasteiger partial charge in [-0.05, 0) is 26.2 Å². The summed E-state index contributed by atoms with van der Waals surface area (Å²) in [6.45, 7) is 6.25. The van der Waals surface area contributed by atoms with E-state index in [0.29, 0.717) is 19.4 Å². The van der Waals surface area contributed by atoms with Crippen molar-refractivity contribution in [1.29, 1.82) is 0 Å². The van der Waals surface area contributed by atoms with Gasteiger partial charge in [0, 0.05) is 12.8 Å². The molecule has 0 aliphatic heterocycles. The summed E-state index contributed by atoms with van der Waals surface area (Å²) >= 11 is 0. The Morgan fingerprint density at radius 3 is 2.33 bits per heavy atom. The Morgan fingerprint density at radius 1 is 1.00 bits per heavy atom. The lowest BCUT2D eigenvalue weighted by atomic mass is 10.2. The van der Waals surface area contributed by atoms with Crippen LogP contribution < -0.4 is 0 Å². The lowest BCUT2D eigenvalue weighted by Gasteiger charge is -2.10. The highest BCUT2D eigenvalue weighted by molar-refractivity contribution is 5.72. The minimum absolute atomic E-state index is 0.229. The molecule has 0 aromatic rings. The van der Waals surface area contributed by atoms with Crippen LogP contribution in [-0.2, 0) is 19.1 Å². The molecule has 0 saturated heterocycles. The first-order valence-corrected chi connectivity index (χ1v) is 7.91. The Kier molecular flexibility index (Phi) is 12.5. The SMILES string of the molecule is CC#CC(CC)OC(=O)CCCC(=O)OCCCCCC. The quantitative estimate of drug-likeness (QED) is 0.332. The highest BCUT2D eigenvalue weighted by Gasteiger charge is 2.11. The predicted octanol–water partition coefficient (Wildman–Crippen LogP) is 3.63. The van der Waals surface area contributed by atoms with Crippen molar-refractivity contribution in [3.8, 4) is 11.8 Å². The number of hydrogen-bond acceptors (Lipinski definition) is 4. The van der Waals surface area contributed by atoms with Crippen LogP contribution in [0, 0.1) is 11.8 Å². The molecule has 4 heteroatoms. The largest absolute Gasteiger partial charge is 0.466 e. The Balaban J connectivity index is 3.65. The average Bonchev–Trinajstić information content (AvgIpc) is 2.46. The summed E-state index contributed by atoms with van der Waals surface area (Å²) < 4.78 is 10.3. The van der Waals surface area contributed by atoms with Gasteiger partial charge in [-0.2, -0.15) is 0 Å². The molecule has 0 aliphatic carbocycles. The molecule has 0 radical (unpaired) electrons. The maximum Gasteiger partial charge on any atom is 0.307 e. The van der Waals surface area contributed by atoms with E-state index in [1.54, 1.807) is 6.92 Å². The zero-order valence-electron chi connectivity index (χ0n) is 13.6. The van der Waals surface area contributed by atoms with E-state index >= 15 is 0 Å². The van der Waals surface area contributed by atoms with Crippen LogP contribution in [0.1, 0.15) is 72.1 Å². The van der Waals surface area contributed by atoms with E-state index in [4.69, 9.17) is 9.47 Å². The van der Waals surface area contributed by atoms with Crippen molar-refractivity contribution < 1.29 is 19.1 Å². The monoisotopic (exact) mass is 296 g/mol. The molecule has 0 amide bonds. The van der Waals surface area contributed by atoms with Gasteiger partial charge in [0.1, 0.15) is 0 Å². The standard InChI is InChI=1S/C17H28O4/c1-4-7-8-9-14-20-16(18)12-10-13-17(19)21-15(6-3)11-5-2/h15H,4,6-10,12-14H2,1-3H3. The van der Waals surface area contributed by atoms with Crippen molar-refractivity contribution in [3.63, 3.8) is 0 Å². The third kappa shape index (κ3) is 12.0. The van der Waals surface area contributed by atoms with Crippen molar-refractivity contribution in [2.45, 2.75) is 78.2 Å². The molecular formula is C17H28O4. The molecule has 0 fully saturated rings. The summed E-state index contributed by atoms with van der Waals surface area (Å²) in [6.07, 6.45) is 5.62. The molecule has 0 aromatic heterocycles. The van der Waals surface area contributed by atoms with Gasteiger partial charge in [0.05, 0.1) is 6.61 Å². The van der Waals surface area contributed by atoms with Crippen molar-refractivity contribution in [3.05, 3.63) is 0 Å². The minimum atomic E-state index is -0.340. The van der Waals surface area contributed by atoms with Gasteiger partial charge in [0.25, 0.3) is 0 Å². The van der Waals surface area contributed by atoms with Crippen LogP contribution in [0.2, 0.25) is 0 Å². The van der Waals surface area contributed by atoms with Crippen LogP contribution in [0.3, 0.4) is 0 Å². The summed E-state index contributed by atoms with van der Waals surface area (Å²) in [6, 6.07) is 0. The first-order valence-electron chi connectivity index (χ1n) is 7.91. The molecule has 21 heavy (non-hydrogen) atoms. The number of carbonyl (C=O) groups is 2. The van der Waals surface area contributed by atoms with Crippen LogP contribution in [-0.4, -0.2) is 24.6 Å². The van der Waals surface area contributed by atoms with Gasteiger partial charge in [-0.15, -0.1) is 5.92 Å². The maximum atomic E-state index is 11.6. The Labute approximate surface area is 128 Å². The van der Waals surface area contributed by atoms with E-state index in [2.05, 4.69) is 18.8 Å². The van der Waals surface area contributed by atoms with Crippen LogP contribution in [0.4, 0.5) is 0 Å². The van der Waals surface area contributed by atoms with Crippen molar-refractivity contribution in [1.82, 2.24) is 0 Å². The van der Waals surface area contributed by atoms with E-state index in [1.165, 1.54) is 6.42 Å². The molecular weight excluding hydrogens is 268 g/mol. The number of carbonyl (C=O) groups excluding carboxylic acids is 2. The second kappa shape index (κ2) is 13.5. The molecule has 0 N–H and O–H groups in total. The minimum Gasteiger partial charge on any atom is -0.466 e. The third-order valence-corrected chi connectivity index (χ3v) is 2.97. The van der Waals surface area contributed by atoms with Gasteiger partial charge in [0.2, 0.25) is 0 Å². The van der Waals surface area contributed by atoms with E-state index in [1.807, 2.05) is 6.92 Å². The Hall–Kier alpha value is -1.50. The number of hydrogen-bond donors (Lipinski definition) is 0. The molecule has 0 aliphatic rings. The zero-order chi connectivity index (χ0) is 15.9. The van der Waals surface area contributed by atoms with Crippen molar-refractivity contribution in [2.75, 3.05) is 6.61 Å². The van der Waals surface area contributed by atoms with Crippen LogP contribution in [0.25, 0.3) is 0 Å². The first kappa shape index (κ1) is 19.5. The summed E-state index contributed by atoms with van der Waals surface area (Å²) in [5, 5.41) is 0. The van der Waals surface area contributed by atoms with E-state index < -0.39 is 0 Å². The van der Waals surface area contributed by atoms with E-state index in [9.17, 15) is 9.59 Å². The number of ether oxygens (including phenoxy) is 2. The highest BCUT2D eigenvalue weighted by Crippen LogP contribution is 2.05. The Morgan fingerprint density at radius 2 is 1.71 bits per heavy atom. The van der Waals surface area contributed by atoms with Gasteiger partial charge in [-0.25, -0.2) is 0 Å². The molecule has 0 saturated carbocycles. The van der Waals surface area contributed by atoms with Gasteiger partial charge in [-0.1, -0.05) is 39.0 Å². The second-order valence-electron chi connectivity index (χ2n) is 4.92. The molecule has 1 unspecified atom stereocenters. The topological polar surface area (TPSA) is 52.6 Å². The number of rotatable bonds is 11. The maximum absolute atomic E-state index is 11.6. The Bertz CT molecular complexity index is 352. The van der Waals surface area contributed by atoms with Gasteiger partial charge in [-0.3, -0.25) is 9.59 Å². The fourth-order valence-corrected chi connectivity index (χ4v) is 1.76. The summed E-state index contributed by atoms with van der Waals surface area (Å²) in [5.74, 6) is 5.02. The van der Waals surface area contributed by atoms with E-state index in [0.717, 1.165) is 19.3 Å². The molecule has 1 atom stereocenters. The van der Waals surface area contributed by atoms with Gasteiger partial charge < -0.3 is 9.47 Å².